The molecule has 0 bridgehead atoms. The van der Waals surface area contributed by atoms with Crippen LogP contribution in [0.25, 0.3) is 0 Å². The van der Waals surface area contributed by atoms with Gasteiger partial charge in [0.1, 0.15) is 5.75 Å². The maximum atomic E-state index is 12.4. The minimum atomic E-state index is -0.264. The molecule has 0 radical (unpaired) electrons. The molecule has 1 aromatic heterocycles. The van der Waals surface area contributed by atoms with Crippen molar-refractivity contribution in [1.29, 1.82) is 0 Å². The third-order valence-corrected chi connectivity index (χ3v) is 5.82. The van der Waals surface area contributed by atoms with E-state index in [4.69, 9.17) is 26.1 Å². The number of urea groups is 1. The van der Waals surface area contributed by atoms with E-state index in [2.05, 4.69) is 20.5 Å². The molecule has 1 unspecified atom stereocenters. The number of amides is 2. The third kappa shape index (κ3) is 4.94. The van der Waals surface area contributed by atoms with Crippen molar-refractivity contribution in [3.63, 3.8) is 0 Å². The molecule has 4 rings (SSSR count). The average molecular weight is 432 g/mol. The van der Waals surface area contributed by atoms with Crippen molar-refractivity contribution >= 4 is 29.3 Å². The fraction of sp³-hybridized carbons (Fsp3) is 0.476. The van der Waals surface area contributed by atoms with Crippen LogP contribution in [-0.4, -0.2) is 55.5 Å². The van der Waals surface area contributed by atoms with Crippen LogP contribution in [0.1, 0.15) is 30.9 Å². The number of nitrogens with zero attached hydrogens (tertiary/aromatic N) is 3. The number of carbonyl (C=O) groups is 1. The normalized spacial score (nSPS) is 19.5. The summed E-state index contributed by atoms with van der Waals surface area (Å²) in [6.07, 6.45) is 4.65. The molecule has 0 spiro atoms. The zero-order valence-electron chi connectivity index (χ0n) is 16.9. The smallest absolute Gasteiger partial charge is 0.319 e. The lowest BCUT2D eigenvalue weighted by atomic mass is 9.96. The minimum Gasteiger partial charge on any atom is -0.495 e. The maximum Gasteiger partial charge on any atom is 0.319 e. The largest absolute Gasteiger partial charge is 0.495 e. The van der Waals surface area contributed by atoms with Crippen molar-refractivity contribution < 1.29 is 14.3 Å². The fourth-order valence-electron chi connectivity index (χ4n) is 3.89. The van der Waals surface area contributed by atoms with Gasteiger partial charge in [0.15, 0.2) is 0 Å². The number of hydrogen-bond acceptors (Lipinski definition) is 6. The molecule has 2 fully saturated rings. The summed E-state index contributed by atoms with van der Waals surface area (Å²) in [6.45, 7) is 3.05. The Morgan fingerprint density at radius 3 is 2.87 bits per heavy atom. The Balaban J connectivity index is 1.32. The fourth-order valence-corrected chi connectivity index (χ4v) is 4.15. The highest BCUT2D eigenvalue weighted by molar-refractivity contribution is 6.32. The molecule has 2 aliphatic heterocycles. The lowest BCUT2D eigenvalue weighted by Gasteiger charge is -2.23. The number of methoxy groups -OCH3 is 1. The highest BCUT2D eigenvalue weighted by atomic mass is 35.5. The van der Waals surface area contributed by atoms with Gasteiger partial charge in [0, 0.05) is 55.8 Å². The van der Waals surface area contributed by atoms with Crippen molar-refractivity contribution in [1.82, 2.24) is 15.3 Å². The van der Waals surface area contributed by atoms with E-state index in [0.717, 1.165) is 50.7 Å². The van der Waals surface area contributed by atoms with Gasteiger partial charge in [-0.2, -0.15) is 0 Å². The molecule has 2 saturated heterocycles. The molecule has 160 valence electrons. The standard InChI is InChI=1S/C21H26ClN5O3/c1-29-19-3-2-15(12-17(19)22)24-21(28)25-16-5-9-27(13-16)20-23-8-4-18(26-20)14-6-10-30-11-7-14/h2-4,8,12,14,16H,5-7,9-11,13H2,1H3,(H2,24,25,28). The first-order chi connectivity index (χ1) is 14.6. The van der Waals surface area contributed by atoms with Gasteiger partial charge in [-0.3, -0.25) is 0 Å². The van der Waals surface area contributed by atoms with Gasteiger partial charge in [-0.1, -0.05) is 11.6 Å². The molecule has 3 heterocycles. The molecule has 2 N–H and O–H groups in total. The van der Waals surface area contributed by atoms with Gasteiger partial charge in [0.2, 0.25) is 5.95 Å². The van der Waals surface area contributed by atoms with Crippen molar-refractivity contribution in [2.45, 2.75) is 31.2 Å². The van der Waals surface area contributed by atoms with E-state index in [-0.39, 0.29) is 12.1 Å². The Bertz CT molecular complexity index is 891. The van der Waals surface area contributed by atoms with Gasteiger partial charge in [-0.25, -0.2) is 14.8 Å². The second-order valence-electron chi connectivity index (χ2n) is 7.55. The maximum absolute atomic E-state index is 12.4. The topological polar surface area (TPSA) is 88.6 Å². The van der Waals surface area contributed by atoms with E-state index >= 15 is 0 Å². The number of hydrogen-bond donors (Lipinski definition) is 2. The summed E-state index contributed by atoms with van der Waals surface area (Å²) < 4.78 is 10.6. The van der Waals surface area contributed by atoms with Crippen LogP contribution in [-0.2, 0) is 4.74 Å². The molecule has 0 saturated carbocycles. The van der Waals surface area contributed by atoms with E-state index in [1.165, 1.54) is 0 Å². The van der Waals surface area contributed by atoms with Crippen molar-refractivity contribution in [2.75, 3.05) is 43.6 Å². The van der Waals surface area contributed by atoms with Gasteiger partial charge >= 0.3 is 6.03 Å². The van der Waals surface area contributed by atoms with Gasteiger partial charge < -0.3 is 25.0 Å². The van der Waals surface area contributed by atoms with Crippen LogP contribution in [0.15, 0.2) is 30.5 Å². The zero-order chi connectivity index (χ0) is 20.9. The minimum absolute atomic E-state index is 0.0223. The Kier molecular flexibility index (Phi) is 6.54. The third-order valence-electron chi connectivity index (χ3n) is 5.52. The van der Waals surface area contributed by atoms with Gasteiger partial charge in [-0.15, -0.1) is 0 Å². The Hall–Kier alpha value is -2.58. The molecule has 30 heavy (non-hydrogen) atoms. The summed E-state index contributed by atoms with van der Waals surface area (Å²) in [7, 11) is 1.55. The number of carbonyl (C=O) groups excluding carboxylic acids is 1. The second kappa shape index (κ2) is 9.49. The number of nitrogens with one attached hydrogen (secondary N) is 2. The Morgan fingerprint density at radius 2 is 2.10 bits per heavy atom. The molecular weight excluding hydrogens is 406 g/mol. The summed E-state index contributed by atoms with van der Waals surface area (Å²) in [5.74, 6) is 1.72. The Labute approximate surface area is 180 Å². The van der Waals surface area contributed by atoms with Crippen molar-refractivity contribution in [3.8, 4) is 5.75 Å². The van der Waals surface area contributed by atoms with Crippen LogP contribution < -0.4 is 20.3 Å². The number of aromatic nitrogens is 2. The summed E-state index contributed by atoms with van der Waals surface area (Å²) in [5.41, 5.74) is 1.69. The molecular formula is C21H26ClN5O3. The monoisotopic (exact) mass is 431 g/mol. The zero-order valence-corrected chi connectivity index (χ0v) is 17.7. The molecule has 0 aliphatic carbocycles. The second-order valence-corrected chi connectivity index (χ2v) is 7.95. The lowest BCUT2D eigenvalue weighted by Crippen LogP contribution is -2.40. The van der Waals surface area contributed by atoms with E-state index in [1.807, 2.05) is 12.3 Å². The van der Waals surface area contributed by atoms with Crippen LogP contribution in [0.3, 0.4) is 0 Å². The van der Waals surface area contributed by atoms with E-state index in [1.54, 1.807) is 25.3 Å². The molecule has 8 nitrogen and oxygen atoms in total. The van der Waals surface area contributed by atoms with Crippen LogP contribution in [0.4, 0.5) is 16.4 Å². The number of ether oxygens (including phenoxy) is 2. The van der Waals surface area contributed by atoms with Gasteiger partial charge in [0.25, 0.3) is 0 Å². The first-order valence-electron chi connectivity index (χ1n) is 10.2. The van der Waals surface area contributed by atoms with Gasteiger partial charge in [0.05, 0.1) is 12.1 Å². The lowest BCUT2D eigenvalue weighted by molar-refractivity contribution is 0.0845. The SMILES string of the molecule is COc1ccc(NC(=O)NC2CCN(c3nccc(C4CCOCC4)n3)C2)cc1Cl. The molecule has 2 aromatic rings. The number of anilines is 2. The number of halogens is 1. The van der Waals surface area contributed by atoms with Crippen LogP contribution >= 0.6 is 11.6 Å². The number of rotatable bonds is 5. The summed E-state index contributed by atoms with van der Waals surface area (Å²) in [5, 5.41) is 6.28. The molecule has 9 heteroatoms. The van der Waals surface area contributed by atoms with Crippen LogP contribution in [0.2, 0.25) is 5.02 Å². The highest BCUT2D eigenvalue weighted by Gasteiger charge is 2.27. The van der Waals surface area contributed by atoms with E-state index in [9.17, 15) is 4.79 Å². The quantitative estimate of drug-likeness (QED) is 0.754. The Morgan fingerprint density at radius 1 is 1.27 bits per heavy atom. The summed E-state index contributed by atoms with van der Waals surface area (Å²) in [6, 6.07) is 6.89. The molecule has 2 aliphatic rings. The predicted molar refractivity (Wildman–Crippen MR) is 116 cm³/mol. The van der Waals surface area contributed by atoms with E-state index < -0.39 is 0 Å². The molecule has 1 aromatic carbocycles. The summed E-state index contributed by atoms with van der Waals surface area (Å²) >= 11 is 6.11. The predicted octanol–water partition coefficient (Wildman–Crippen LogP) is 3.43. The van der Waals surface area contributed by atoms with Gasteiger partial charge in [-0.05, 0) is 43.5 Å². The first kappa shape index (κ1) is 20.7. The molecule has 2 amide bonds. The van der Waals surface area contributed by atoms with Crippen molar-refractivity contribution in [3.05, 3.63) is 41.2 Å². The van der Waals surface area contributed by atoms with E-state index in [0.29, 0.717) is 28.9 Å². The number of benzene rings is 1. The highest BCUT2D eigenvalue weighted by Crippen LogP contribution is 2.28. The van der Waals surface area contributed by atoms with Crippen LogP contribution in [0.5, 0.6) is 5.75 Å². The first-order valence-corrected chi connectivity index (χ1v) is 10.6. The van der Waals surface area contributed by atoms with Crippen molar-refractivity contribution in [2.24, 2.45) is 0 Å². The average Bonchev–Trinajstić information content (AvgIpc) is 3.23. The van der Waals surface area contributed by atoms with Crippen LogP contribution in [0, 0.1) is 0 Å². The molecule has 1 atom stereocenters. The summed E-state index contributed by atoms with van der Waals surface area (Å²) in [4.78, 5) is 23.7.